The number of aromatic nitrogens is 1. The summed E-state index contributed by atoms with van der Waals surface area (Å²) >= 11 is 2.48. The smallest absolute Gasteiger partial charge is 0.355 e. The van der Waals surface area contributed by atoms with Gasteiger partial charge in [0.2, 0.25) is 0 Å². The number of non-ortho nitro benzene ring substituents is 1. The fraction of sp³-hybridized carbons (Fsp3) is 0.227. The number of rotatable bonds is 10. The molecule has 2 aliphatic rings. The molecule has 0 saturated carbocycles. The first-order chi connectivity index (χ1) is 17.8. The number of nitro benzene ring substituents is 1. The zero-order valence-electron chi connectivity index (χ0n) is 19.1. The number of thiazole rings is 1. The van der Waals surface area contributed by atoms with E-state index in [-0.39, 0.29) is 41.1 Å². The molecule has 13 nitrogen and oxygen atoms in total. The van der Waals surface area contributed by atoms with E-state index in [4.69, 9.17) is 15.3 Å². The summed E-state index contributed by atoms with van der Waals surface area (Å²) in [5, 5.41) is 18.5. The molecule has 1 aromatic heterocycles. The molecule has 1 aromatic carbocycles. The number of carbonyl (C=O) groups excluding carboxylic acids is 3. The van der Waals surface area contributed by atoms with Crippen LogP contribution in [-0.4, -0.2) is 62.1 Å². The Hall–Kier alpha value is -4.24. The number of ether oxygens (including phenoxy) is 1. The molecule has 2 atom stereocenters. The number of nitro groups is 1. The molecule has 1 fully saturated rings. The van der Waals surface area contributed by atoms with Gasteiger partial charge in [0.15, 0.2) is 10.8 Å². The van der Waals surface area contributed by atoms with Crippen molar-refractivity contribution < 1.29 is 28.9 Å². The molecule has 3 heterocycles. The van der Waals surface area contributed by atoms with Gasteiger partial charge in [-0.1, -0.05) is 17.8 Å². The second-order valence-electron chi connectivity index (χ2n) is 7.57. The zero-order chi connectivity index (χ0) is 26.5. The normalized spacial score (nSPS) is 18.7. The molecule has 1 unspecified atom stereocenters. The summed E-state index contributed by atoms with van der Waals surface area (Å²) in [5.41, 5.74) is 6.24. The van der Waals surface area contributed by atoms with Gasteiger partial charge >= 0.3 is 5.97 Å². The third-order valence-corrected chi connectivity index (χ3v) is 7.04. The minimum Gasteiger partial charge on any atom is -0.456 e. The Morgan fingerprint density at radius 2 is 2.14 bits per heavy atom. The zero-order valence-corrected chi connectivity index (χ0v) is 20.7. The summed E-state index contributed by atoms with van der Waals surface area (Å²) in [6, 6.07) is 4.66. The highest BCUT2D eigenvalue weighted by Crippen LogP contribution is 2.38. The Kier molecular flexibility index (Phi) is 7.83. The summed E-state index contributed by atoms with van der Waals surface area (Å²) < 4.78 is 5.31. The van der Waals surface area contributed by atoms with Gasteiger partial charge in [0.1, 0.15) is 36.0 Å². The van der Waals surface area contributed by atoms with Crippen LogP contribution in [0.25, 0.3) is 0 Å². The van der Waals surface area contributed by atoms with Gasteiger partial charge < -0.3 is 20.6 Å². The van der Waals surface area contributed by atoms with E-state index < -0.39 is 34.1 Å². The predicted octanol–water partition coefficient (Wildman–Crippen LogP) is 1.57. The largest absolute Gasteiger partial charge is 0.456 e. The molecule has 2 amide bonds. The molecule has 0 aliphatic carbocycles. The molecule has 192 valence electrons. The fourth-order valence-corrected chi connectivity index (χ4v) is 5.17. The Bertz CT molecular complexity index is 1310. The van der Waals surface area contributed by atoms with Crippen molar-refractivity contribution in [2.45, 2.75) is 18.0 Å². The van der Waals surface area contributed by atoms with E-state index in [9.17, 15) is 24.5 Å². The van der Waals surface area contributed by atoms with Crippen molar-refractivity contribution >= 4 is 57.4 Å². The first-order valence-corrected chi connectivity index (χ1v) is 12.6. The number of esters is 1. The quantitative estimate of drug-likeness (QED) is 0.0848. The lowest BCUT2D eigenvalue weighted by Gasteiger charge is -2.48. The predicted molar refractivity (Wildman–Crippen MR) is 135 cm³/mol. The first kappa shape index (κ1) is 25.8. The number of carbonyl (C=O) groups is 3. The van der Waals surface area contributed by atoms with Crippen molar-refractivity contribution in [3.8, 4) is 0 Å². The van der Waals surface area contributed by atoms with Crippen LogP contribution in [0, 0.1) is 10.1 Å². The SMILES string of the molecule is C=CCO/N=C(/C(=O)NC1C(=O)N2C(C(=O)OCc3ccc([N+](=O)[O-])cc3)=CCS[C@H]12)c1csc(N)n1. The first-order valence-electron chi connectivity index (χ1n) is 10.7. The number of fused-ring (bicyclic) bond motifs is 1. The molecule has 15 heteroatoms. The summed E-state index contributed by atoms with van der Waals surface area (Å²) in [6.07, 6.45) is 3.03. The number of oxime groups is 1. The second kappa shape index (κ2) is 11.2. The van der Waals surface area contributed by atoms with Crippen molar-refractivity contribution in [2.24, 2.45) is 5.16 Å². The fourth-order valence-electron chi connectivity index (χ4n) is 3.43. The van der Waals surface area contributed by atoms with Gasteiger partial charge in [-0.15, -0.1) is 23.1 Å². The van der Waals surface area contributed by atoms with Crippen LogP contribution in [0.1, 0.15) is 11.3 Å². The Balaban J connectivity index is 1.39. The van der Waals surface area contributed by atoms with Gasteiger partial charge in [0.05, 0.1) is 4.92 Å². The molecule has 2 aromatic rings. The van der Waals surface area contributed by atoms with Crippen molar-refractivity contribution in [1.29, 1.82) is 0 Å². The van der Waals surface area contributed by atoms with Crippen LogP contribution < -0.4 is 11.1 Å². The molecule has 0 radical (unpaired) electrons. The van der Waals surface area contributed by atoms with Crippen LogP contribution in [0.15, 0.2) is 59.2 Å². The van der Waals surface area contributed by atoms with Crippen molar-refractivity contribution in [2.75, 3.05) is 18.1 Å². The maximum absolute atomic E-state index is 13.0. The standard InChI is InChI=1S/C22H20N6O7S2/c1-2-8-35-26-16(14-11-37-22(23)24-14)18(29)25-17-19(30)27-15(7-9-36-20(17)27)21(31)34-10-12-3-5-13(6-4-12)28(32)33/h2-7,11,17,20H,1,8-10H2,(H2,23,24)(H,25,29)/b26-16+/t17?,20-/m1/s1. The Labute approximate surface area is 218 Å². The van der Waals surface area contributed by atoms with E-state index >= 15 is 0 Å². The van der Waals surface area contributed by atoms with Crippen LogP contribution in [0.4, 0.5) is 10.8 Å². The molecule has 0 spiro atoms. The van der Waals surface area contributed by atoms with E-state index in [1.165, 1.54) is 52.4 Å². The number of anilines is 1. The number of hydrogen-bond donors (Lipinski definition) is 2. The van der Waals surface area contributed by atoms with Crippen LogP contribution in [-0.2, 0) is 30.6 Å². The summed E-state index contributed by atoms with van der Waals surface area (Å²) in [7, 11) is 0. The average Bonchev–Trinajstić information content (AvgIpc) is 3.33. The highest BCUT2D eigenvalue weighted by molar-refractivity contribution is 8.00. The maximum atomic E-state index is 13.0. The molecule has 3 N–H and O–H groups in total. The van der Waals surface area contributed by atoms with Crippen molar-refractivity contribution in [3.63, 3.8) is 0 Å². The van der Waals surface area contributed by atoms with Crippen LogP contribution in [0.2, 0.25) is 0 Å². The number of amides is 2. The number of nitrogen functional groups attached to an aromatic ring is 1. The van der Waals surface area contributed by atoms with Gasteiger partial charge in [0, 0.05) is 23.3 Å². The van der Waals surface area contributed by atoms with E-state index in [1.807, 2.05) is 0 Å². The van der Waals surface area contributed by atoms with Crippen molar-refractivity contribution in [1.82, 2.24) is 15.2 Å². The second-order valence-corrected chi connectivity index (χ2v) is 9.61. The Morgan fingerprint density at radius 3 is 2.78 bits per heavy atom. The Morgan fingerprint density at radius 1 is 1.38 bits per heavy atom. The molecule has 4 rings (SSSR count). The number of β-lactam (4-membered cyclic amide) rings is 1. The molecule has 2 aliphatic heterocycles. The third-order valence-electron chi connectivity index (χ3n) is 5.19. The van der Waals surface area contributed by atoms with E-state index in [1.54, 1.807) is 6.08 Å². The highest BCUT2D eigenvalue weighted by Gasteiger charge is 2.53. The van der Waals surface area contributed by atoms with Gasteiger partial charge in [0.25, 0.3) is 17.5 Å². The summed E-state index contributed by atoms with van der Waals surface area (Å²) in [5.74, 6) is -1.49. The van der Waals surface area contributed by atoms with Crippen LogP contribution in [0.3, 0.4) is 0 Å². The lowest BCUT2D eigenvalue weighted by Crippen LogP contribution is -2.70. The number of nitrogens with zero attached hydrogens (tertiary/aromatic N) is 4. The maximum Gasteiger partial charge on any atom is 0.355 e. The highest BCUT2D eigenvalue weighted by atomic mass is 32.2. The number of benzene rings is 1. The number of hydrogen-bond acceptors (Lipinski definition) is 12. The van der Waals surface area contributed by atoms with Gasteiger partial charge in [-0.25, -0.2) is 9.78 Å². The lowest BCUT2D eigenvalue weighted by atomic mass is 10.0. The number of nitrogens with two attached hydrogens (primary N) is 1. The number of thioether (sulfide) groups is 1. The van der Waals surface area contributed by atoms with Gasteiger partial charge in [-0.3, -0.25) is 24.6 Å². The molecule has 1 saturated heterocycles. The lowest BCUT2D eigenvalue weighted by molar-refractivity contribution is -0.384. The average molecular weight is 545 g/mol. The van der Waals surface area contributed by atoms with E-state index in [2.05, 4.69) is 22.0 Å². The summed E-state index contributed by atoms with van der Waals surface area (Å²) in [4.78, 5) is 59.2. The van der Waals surface area contributed by atoms with E-state index in [0.29, 0.717) is 11.3 Å². The topological polar surface area (TPSA) is 179 Å². The summed E-state index contributed by atoms with van der Waals surface area (Å²) in [6.45, 7) is 3.44. The molecule has 37 heavy (non-hydrogen) atoms. The van der Waals surface area contributed by atoms with Crippen LogP contribution >= 0.6 is 23.1 Å². The minimum absolute atomic E-state index is 0.0567. The monoisotopic (exact) mass is 544 g/mol. The van der Waals surface area contributed by atoms with Crippen molar-refractivity contribution in [3.05, 3.63) is 75.4 Å². The van der Waals surface area contributed by atoms with E-state index in [0.717, 1.165) is 11.3 Å². The number of nitrogens with one attached hydrogen (secondary N) is 1. The van der Waals surface area contributed by atoms with Gasteiger partial charge in [-0.05, 0) is 23.8 Å². The van der Waals surface area contributed by atoms with Crippen LogP contribution in [0.5, 0.6) is 0 Å². The molecular weight excluding hydrogens is 524 g/mol. The third kappa shape index (κ3) is 5.62. The van der Waals surface area contributed by atoms with Gasteiger partial charge in [-0.2, -0.15) is 0 Å². The molecule has 0 bridgehead atoms. The minimum atomic E-state index is -0.913. The molecular formula is C22H20N6O7S2.